The predicted molar refractivity (Wildman–Crippen MR) is 104 cm³/mol. The minimum atomic E-state index is -0.996. The highest BCUT2D eigenvalue weighted by Gasteiger charge is 2.38. The fraction of sp³-hybridized carbons (Fsp3) is 0.667. The van der Waals surface area contributed by atoms with Crippen LogP contribution in [-0.4, -0.2) is 51.0 Å². The molecule has 0 aliphatic heterocycles. The van der Waals surface area contributed by atoms with Gasteiger partial charge in [-0.1, -0.05) is 43.2 Å². The quantitative estimate of drug-likeness (QED) is 0.692. The number of carboxylic acid groups (broad SMARTS) is 1. The van der Waals surface area contributed by atoms with Gasteiger partial charge in [-0.15, -0.1) is 0 Å². The highest BCUT2D eigenvalue weighted by atomic mass is 16.4. The molecule has 0 radical (unpaired) electrons. The third-order valence-corrected chi connectivity index (χ3v) is 5.44. The Morgan fingerprint density at radius 3 is 2.31 bits per heavy atom. The molecule has 146 valence electrons. The summed E-state index contributed by atoms with van der Waals surface area (Å²) in [7, 11) is 0. The normalized spacial score (nSPS) is 19.1. The van der Waals surface area contributed by atoms with E-state index in [0.29, 0.717) is 13.0 Å². The van der Waals surface area contributed by atoms with Gasteiger partial charge in [0.15, 0.2) is 0 Å². The standard InChI is InChI=1S/C21H34N2O3/c1-20(2,3)23(19(25)26)17(14-16-10-6-5-7-11-16)18(24)15-22-21(4)12-8-9-13-21/h5-7,10-11,17-18,22,24H,8-9,12-15H2,1-4H3,(H,25,26)/t17-,18+/m0/s1. The smallest absolute Gasteiger partial charge is 0.408 e. The van der Waals surface area contributed by atoms with Gasteiger partial charge in [0, 0.05) is 17.6 Å². The summed E-state index contributed by atoms with van der Waals surface area (Å²) >= 11 is 0. The van der Waals surface area contributed by atoms with Gasteiger partial charge in [0.2, 0.25) is 0 Å². The number of rotatable bonds is 7. The summed E-state index contributed by atoms with van der Waals surface area (Å²) in [4.78, 5) is 13.4. The van der Waals surface area contributed by atoms with Gasteiger partial charge in [0.25, 0.3) is 0 Å². The molecule has 1 aromatic rings. The lowest BCUT2D eigenvalue weighted by Gasteiger charge is -2.42. The zero-order chi connectivity index (χ0) is 19.4. The van der Waals surface area contributed by atoms with E-state index in [4.69, 9.17) is 0 Å². The Kier molecular flexibility index (Phi) is 6.69. The van der Waals surface area contributed by atoms with E-state index < -0.39 is 23.8 Å². The Morgan fingerprint density at radius 2 is 1.81 bits per heavy atom. The second-order valence-electron chi connectivity index (χ2n) is 8.80. The van der Waals surface area contributed by atoms with Crippen molar-refractivity contribution in [2.45, 2.75) is 83.0 Å². The Morgan fingerprint density at radius 1 is 1.23 bits per heavy atom. The van der Waals surface area contributed by atoms with Crippen LogP contribution in [-0.2, 0) is 6.42 Å². The summed E-state index contributed by atoms with van der Waals surface area (Å²) in [6.07, 6.45) is 3.33. The first-order valence-corrected chi connectivity index (χ1v) is 9.62. The van der Waals surface area contributed by atoms with Gasteiger partial charge in [-0.25, -0.2) is 4.79 Å². The van der Waals surface area contributed by atoms with E-state index in [9.17, 15) is 15.0 Å². The van der Waals surface area contributed by atoms with Crippen molar-refractivity contribution < 1.29 is 15.0 Å². The Hall–Kier alpha value is -1.59. The van der Waals surface area contributed by atoms with E-state index >= 15 is 0 Å². The number of benzene rings is 1. The lowest BCUT2D eigenvalue weighted by Crippen LogP contribution is -2.59. The molecule has 0 unspecified atom stereocenters. The number of amides is 1. The highest BCUT2D eigenvalue weighted by molar-refractivity contribution is 5.66. The average Bonchev–Trinajstić information content (AvgIpc) is 2.98. The van der Waals surface area contributed by atoms with Crippen molar-refractivity contribution >= 4 is 6.09 Å². The maximum atomic E-state index is 12.0. The molecule has 1 saturated carbocycles. The maximum Gasteiger partial charge on any atom is 0.408 e. The van der Waals surface area contributed by atoms with Crippen molar-refractivity contribution in [2.24, 2.45) is 0 Å². The molecule has 2 atom stereocenters. The van der Waals surface area contributed by atoms with Crippen LogP contribution < -0.4 is 5.32 Å². The van der Waals surface area contributed by atoms with E-state index in [-0.39, 0.29) is 5.54 Å². The van der Waals surface area contributed by atoms with E-state index in [1.807, 2.05) is 51.1 Å². The van der Waals surface area contributed by atoms with Gasteiger partial charge in [-0.05, 0) is 52.5 Å². The van der Waals surface area contributed by atoms with Crippen LogP contribution in [0.25, 0.3) is 0 Å². The molecule has 1 aliphatic rings. The van der Waals surface area contributed by atoms with Crippen molar-refractivity contribution in [3.05, 3.63) is 35.9 Å². The lowest BCUT2D eigenvalue weighted by atomic mass is 9.93. The lowest BCUT2D eigenvalue weighted by molar-refractivity contribution is 0.00529. The number of hydrogen-bond acceptors (Lipinski definition) is 3. The average molecular weight is 363 g/mol. The van der Waals surface area contributed by atoms with Crippen LogP contribution in [0, 0.1) is 0 Å². The molecule has 1 fully saturated rings. The number of carbonyl (C=O) groups is 1. The fourth-order valence-corrected chi connectivity index (χ4v) is 4.00. The van der Waals surface area contributed by atoms with Crippen LogP contribution in [0.5, 0.6) is 0 Å². The van der Waals surface area contributed by atoms with Crippen LogP contribution in [0.1, 0.15) is 58.9 Å². The predicted octanol–water partition coefficient (Wildman–Crippen LogP) is 3.66. The fourth-order valence-electron chi connectivity index (χ4n) is 4.00. The van der Waals surface area contributed by atoms with Gasteiger partial charge in [-0.3, -0.25) is 4.90 Å². The van der Waals surface area contributed by atoms with E-state index in [0.717, 1.165) is 18.4 Å². The van der Waals surface area contributed by atoms with Crippen molar-refractivity contribution in [2.75, 3.05) is 6.54 Å². The molecule has 0 heterocycles. The molecule has 26 heavy (non-hydrogen) atoms. The second-order valence-corrected chi connectivity index (χ2v) is 8.80. The summed E-state index contributed by atoms with van der Waals surface area (Å²) in [6.45, 7) is 8.21. The SMILES string of the molecule is CC1(NC[C@@H](O)[C@H](Cc2ccccc2)N(C(=O)O)C(C)(C)C)CCCC1. The zero-order valence-electron chi connectivity index (χ0n) is 16.5. The van der Waals surface area contributed by atoms with Crippen molar-refractivity contribution in [3.63, 3.8) is 0 Å². The molecule has 5 nitrogen and oxygen atoms in total. The summed E-state index contributed by atoms with van der Waals surface area (Å²) in [6, 6.07) is 9.28. The van der Waals surface area contributed by atoms with E-state index in [2.05, 4.69) is 12.2 Å². The molecular formula is C21H34N2O3. The van der Waals surface area contributed by atoms with Gasteiger partial charge >= 0.3 is 6.09 Å². The van der Waals surface area contributed by atoms with Gasteiger partial charge < -0.3 is 15.5 Å². The zero-order valence-corrected chi connectivity index (χ0v) is 16.5. The van der Waals surface area contributed by atoms with Crippen LogP contribution in [0.3, 0.4) is 0 Å². The first kappa shape index (κ1) is 20.7. The third kappa shape index (κ3) is 5.45. The molecule has 0 aromatic heterocycles. The van der Waals surface area contributed by atoms with Gasteiger partial charge in [-0.2, -0.15) is 0 Å². The molecule has 1 aromatic carbocycles. The largest absolute Gasteiger partial charge is 0.465 e. The van der Waals surface area contributed by atoms with Crippen molar-refractivity contribution in [3.8, 4) is 0 Å². The first-order valence-electron chi connectivity index (χ1n) is 9.62. The maximum absolute atomic E-state index is 12.0. The topological polar surface area (TPSA) is 72.8 Å². The first-order chi connectivity index (χ1) is 12.1. The van der Waals surface area contributed by atoms with E-state index in [1.54, 1.807) is 0 Å². The molecule has 0 bridgehead atoms. The number of aliphatic hydroxyl groups excluding tert-OH is 1. The van der Waals surface area contributed by atoms with E-state index in [1.165, 1.54) is 17.7 Å². The Labute approximate surface area is 157 Å². The third-order valence-electron chi connectivity index (χ3n) is 5.44. The number of aliphatic hydroxyl groups is 1. The summed E-state index contributed by atoms with van der Waals surface area (Å²) in [5, 5.41) is 24.3. The molecule has 2 rings (SSSR count). The van der Waals surface area contributed by atoms with Gasteiger partial charge in [0.05, 0.1) is 12.1 Å². The second kappa shape index (κ2) is 8.40. The van der Waals surface area contributed by atoms with Crippen LogP contribution in [0.15, 0.2) is 30.3 Å². The summed E-state index contributed by atoms with van der Waals surface area (Å²) in [5.74, 6) is 0. The Bertz CT molecular complexity index is 577. The van der Waals surface area contributed by atoms with Crippen LogP contribution in [0.2, 0.25) is 0 Å². The van der Waals surface area contributed by atoms with Gasteiger partial charge in [0.1, 0.15) is 0 Å². The molecule has 3 N–H and O–H groups in total. The number of hydrogen-bond donors (Lipinski definition) is 3. The number of nitrogens with zero attached hydrogens (tertiary/aromatic N) is 1. The molecular weight excluding hydrogens is 328 g/mol. The molecule has 0 spiro atoms. The number of nitrogens with one attached hydrogen (secondary N) is 1. The van der Waals surface area contributed by atoms with Crippen molar-refractivity contribution in [1.29, 1.82) is 0 Å². The highest BCUT2D eigenvalue weighted by Crippen LogP contribution is 2.29. The van der Waals surface area contributed by atoms with Crippen molar-refractivity contribution in [1.82, 2.24) is 10.2 Å². The number of β-amino-alcohol motifs (C(OH)–C–C–N with tert-alkyl or cyclic N) is 1. The van der Waals surface area contributed by atoms with Crippen LogP contribution in [0.4, 0.5) is 4.79 Å². The molecule has 1 aliphatic carbocycles. The molecule has 1 amide bonds. The molecule has 5 heteroatoms. The van der Waals surface area contributed by atoms with Crippen LogP contribution >= 0.6 is 0 Å². The monoisotopic (exact) mass is 362 g/mol. The summed E-state index contributed by atoms with van der Waals surface area (Å²) in [5.41, 5.74) is 0.483. The Balaban J connectivity index is 2.19. The summed E-state index contributed by atoms with van der Waals surface area (Å²) < 4.78 is 0. The minimum Gasteiger partial charge on any atom is -0.465 e. The molecule has 0 saturated heterocycles. The minimum absolute atomic E-state index is 0.0497.